The van der Waals surface area contributed by atoms with E-state index in [0.717, 1.165) is 12.1 Å². The lowest BCUT2D eigenvalue weighted by atomic mass is 9.81. The van der Waals surface area contributed by atoms with Gasteiger partial charge in [0, 0.05) is 23.6 Å². The van der Waals surface area contributed by atoms with Crippen LogP contribution < -0.4 is 5.73 Å². The van der Waals surface area contributed by atoms with Gasteiger partial charge in [-0.15, -0.1) is 12.4 Å². The van der Waals surface area contributed by atoms with E-state index < -0.39 is 28.9 Å². The summed E-state index contributed by atoms with van der Waals surface area (Å²) in [6.45, 7) is 2.93. The number of hydrogen-bond acceptors (Lipinski definition) is 2. The Morgan fingerprint density at radius 2 is 1.76 bits per heavy atom. The van der Waals surface area contributed by atoms with Gasteiger partial charge in [-0.1, -0.05) is 19.9 Å². The zero-order valence-corrected chi connectivity index (χ0v) is 10.3. The van der Waals surface area contributed by atoms with Crippen LogP contribution in [0.2, 0.25) is 0 Å². The van der Waals surface area contributed by atoms with Crippen LogP contribution in [0.4, 0.5) is 13.2 Å². The molecule has 0 aliphatic heterocycles. The molecule has 0 unspecified atom stereocenters. The van der Waals surface area contributed by atoms with Crippen molar-refractivity contribution in [2.75, 3.05) is 6.61 Å². The molecule has 98 valence electrons. The quantitative estimate of drug-likeness (QED) is 0.829. The van der Waals surface area contributed by atoms with Crippen LogP contribution in [0, 0.1) is 22.9 Å². The van der Waals surface area contributed by atoms with Crippen molar-refractivity contribution in [2.45, 2.75) is 19.9 Å². The number of nitrogens with two attached hydrogens (primary N) is 1. The van der Waals surface area contributed by atoms with Crippen LogP contribution in [0.3, 0.4) is 0 Å². The average Bonchev–Trinajstić information content (AvgIpc) is 2.25. The number of benzene rings is 1. The molecule has 0 aliphatic rings. The Labute approximate surface area is 104 Å². The normalized spacial score (nSPS) is 13.1. The van der Waals surface area contributed by atoms with E-state index in [-0.39, 0.29) is 24.6 Å². The van der Waals surface area contributed by atoms with Crippen molar-refractivity contribution in [1.29, 1.82) is 0 Å². The molecule has 1 rings (SSSR count). The van der Waals surface area contributed by atoms with Crippen LogP contribution in [0.15, 0.2) is 12.1 Å². The van der Waals surface area contributed by atoms with E-state index in [4.69, 9.17) is 10.8 Å². The van der Waals surface area contributed by atoms with Gasteiger partial charge in [0.1, 0.15) is 0 Å². The van der Waals surface area contributed by atoms with Crippen molar-refractivity contribution in [3.8, 4) is 0 Å². The molecule has 0 aromatic heterocycles. The summed E-state index contributed by atoms with van der Waals surface area (Å²) in [7, 11) is 0. The Kier molecular flexibility index (Phi) is 5.45. The zero-order valence-electron chi connectivity index (χ0n) is 9.51. The lowest BCUT2D eigenvalue weighted by Gasteiger charge is -2.30. The first kappa shape index (κ1) is 16.2. The minimum absolute atomic E-state index is 0. The second kappa shape index (κ2) is 5.71. The minimum atomic E-state index is -1.54. The summed E-state index contributed by atoms with van der Waals surface area (Å²) in [5, 5.41) is 9.07. The highest BCUT2D eigenvalue weighted by Crippen LogP contribution is 2.33. The van der Waals surface area contributed by atoms with E-state index in [1.54, 1.807) is 13.8 Å². The SMILES string of the molecule is CC(C)(CO)[C@H](N)c1ccc(F)c(F)c1F.Cl. The molecule has 0 saturated carbocycles. The summed E-state index contributed by atoms with van der Waals surface area (Å²) in [4.78, 5) is 0. The van der Waals surface area contributed by atoms with Gasteiger partial charge in [-0.25, -0.2) is 13.2 Å². The van der Waals surface area contributed by atoms with Gasteiger partial charge in [0.2, 0.25) is 0 Å². The van der Waals surface area contributed by atoms with E-state index in [0.29, 0.717) is 0 Å². The van der Waals surface area contributed by atoms with Gasteiger partial charge in [0.05, 0.1) is 0 Å². The molecule has 17 heavy (non-hydrogen) atoms. The summed E-state index contributed by atoms with van der Waals surface area (Å²) in [6.07, 6.45) is 0. The van der Waals surface area contributed by atoms with E-state index in [1.165, 1.54) is 0 Å². The Balaban J connectivity index is 0.00000256. The molecule has 0 spiro atoms. The first-order chi connectivity index (χ1) is 7.31. The van der Waals surface area contributed by atoms with Crippen molar-refractivity contribution >= 4 is 12.4 Å². The van der Waals surface area contributed by atoms with Gasteiger partial charge in [0.15, 0.2) is 17.5 Å². The molecule has 0 bridgehead atoms. The fourth-order valence-electron chi connectivity index (χ4n) is 1.30. The molecule has 3 N–H and O–H groups in total. The summed E-state index contributed by atoms with van der Waals surface area (Å²) in [5.74, 6) is -4.09. The van der Waals surface area contributed by atoms with Crippen LogP contribution in [-0.4, -0.2) is 11.7 Å². The van der Waals surface area contributed by atoms with E-state index in [2.05, 4.69) is 0 Å². The largest absolute Gasteiger partial charge is 0.396 e. The van der Waals surface area contributed by atoms with Gasteiger partial charge in [0.25, 0.3) is 0 Å². The number of halogens is 4. The highest BCUT2D eigenvalue weighted by molar-refractivity contribution is 5.85. The number of rotatable bonds is 3. The van der Waals surface area contributed by atoms with Gasteiger partial charge in [-0.3, -0.25) is 0 Å². The molecule has 2 nitrogen and oxygen atoms in total. The fraction of sp³-hybridized carbons (Fsp3) is 0.455. The first-order valence-electron chi connectivity index (χ1n) is 4.81. The Morgan fingerprint density at radius 3 is 2.24 bits per heavy atom. The molecule has 0 fully saturated rings. The van der Waals surface area contributed by atoms with Gasteiger partial charge < -0.3 is 10.8 Å². The summed E-state index contributed by atoms with van der Waals surface area (Å²) in [5.41, 5.74) is 4.76. The molecule has 1 atom stereocenters. The fourth-order valence-corrected chi connectivity index (χ4v) is 1.30. The standard InChI is InChI=1S/C11H14F3NO.ClH/c1-11(2,5-16)10(15)6-3-4-7(12)9(14)8(6)13;/h3-4,10,16H,5,15H2,1-2H3;1H/t10-;/m1./s1. The Bertz CT molecular complexity index is 399. The molecule has 0 radical (unpaired) electrons. The predicted octanol–water partition coefficient (Wildman–Crippen LogP) is 2.54. The maximum absolute atomic E-state index is 13.4. The van der Waals surface area contributed by atoms with Crippen LogP contribution in [0.25, 0.3) is 0 Å². The van der Waals surface area contributed by atoms with Gasteiger partial charge in [-0.2, -0.15) is 0 Å². The van der Waals surface area contributed by atoms with Crippen molar-refractivity contribution in [3.63, 3.8) is 0 Å². The number of aliphatic hydroxyl groups is 1. The molecule has 0 heterocycles. The highest BCUT2D eigenvalue weighted by atomic mass is 35.5. The molecule has 1 aromatic carbocycles. The monoisotopic (exact) mass is 269 g/mol. The average molecular weight is 270 g/mol. The summed E-state index contributed by atoms with van der Waals surface area (Å²) in [6, 6.07) is 1.00. The van der Waals surface area contributed by atoms with Crippen LogP contribution in [0.5, 0.6) is 0 Å². The maximum atomic E-state index is 13.4. The van der Waals surface area contributed by atoms with Gasteiger partial charge >= 0.3 is 0 Å². The Morgan fingerprint density at radius 1 is 1.24 bits per heavy atom. The molecule has 6 heteroatoms. The number of aliphatic hydroxyl groups excluding tert-OH is 1. The maximum Gasteiger partial charge on any atom is 0.194 e. The lowest BCUT2D eigenvalue weighted by molar-refractivity contribution is 0.130. The summed E-state index contributed by atoms with van der Waals surface area (Å²) >= 11 is 0. The third kappa shape index (κ3) is 3.12. The molecular weight excluding hydrogens is 255 g/mol. The first-order valence-corrected chi connectivity index (χ1v) is 4.81. The second-order valence-corrected chi connectivity index (χ2v) is 4.39. The highest BCUT2D eigenvalue weighted by Gasteiger charge is 2.30. The lowest BCUT2D eigenvalue weighted by Crippen LogP contribution is -2.33. The second-order valence-electron chi connectivity index (χ2n) is 4.39. The molecule has 0 saturated heterocycles. The third-order valence-corrected chi connectivity index (χ3v) is 2.65. The van der Waals surface area contributed by atoms with Gasteiger partial charge in [-0.05, 0) is 6.07 Å². The van der Waals surface area contributed by atoms with Crippen molar-refractivity contribution in [3.05, 3.63) is 35.1 Å². The molecule has 1 aromatic rings. The third-order valence-electron chi connectivity index (χ3n) is 2.65. The van der Waals surface area contributed by atoms with Crippen LogP contribution >= 0.6 is 12.4 Å². The Hall–Kier alpha value is -0.780. The minimum Gasteiger partial charge on any atom is -0.396 e. The molecule has 0 aliphatic carbocycles. The van der Waals surface area contributed by atoms with E-state index in [9.17, 15) is 13.2 Å². The smallest absolute Gasteiger partial charge is 0.194 e. The number of hydrogen-bond donors (Lipinski definition) is 2. The predicted molar refractivity (Wildman–Crippen MR) is 61.4 cm³/mol. The molecule has 0 amide bonds. The summed E-state index contributed by atoms with van der Waals surface area (Å²) < 4.78 is 39.1. The van der Waals surface area contributed by atoms with E-state index >= 15 is 0 Å². The zero-order chi connectivity index (χ0) is 12.5. The van der Waals surface area contributed by atoms with Crippen molar-refractivity contribution in [2.24, 2.45) is 11.1 Å². The van der Waals surface area contributed by atoms with Crippen molar-refractivity contribution in [1.82, 2.24) is 0 Å². The van der Waals surface area contributed by atoms with Crippen LogP contribution in [-0.2, 0) is 0 Å². The molecular formula is C11H15ClF3NO. The van der Waals surface area contributed by atoms with Crippen molar-refractivity contribution < 1.29 is 18.3 Å². The van der Waals surface area contributed by atoms with E-state index in [1.807, 2.05) is 0 Å². The topological polar surface area (TPSA) is 46.2 Å². The van der Waals surface area contributed by atoms with Crippen LogP contribution in [0.1, 0.15) is 25.5 Å².